The molecule has 0 aromatic carbocycles. The molecule has 1 unspecified atom stereocenters. The predicted molar refractivity (Wildman–Crippen MR) is 62.5 cm³/mol. The Labute approximate surface area is 100.0 Å². The molecule has 0 bridgehead atoms. The van der Waals surface area contributed by atoms with Crippen molar-refractivity contribution >= 4 is 17.5 Å². The highest BCUT2D eigenvalue weighted by Gasteiger charge is 2.11. The lowest BCUT2D eigenvalue weighted by Gasteiger charge is -2.10. The Hall–Kier alpha value is -1.29. The van der Waals surface area contributed by atoms with Gasteiger partial charge in [-0.05, 0) is 6.07 Å². The van der Waals surface area contributed by atoms with Crippen LogP contribution in [-0.4, -0.2) is 23.9 Å². The number of carbonyl (C=O) groups excluding carboxylic acids is 1. The highest BCUT2D eigenvalue weighted by molar-refractivity contribution is 6.19. The first-order chi connectivity index (χ1) is 7.69. The summed E-state index contributed by atoms with van der Waals surface area (Å²) >= 11 is 5.59. The van der Waals surface area contributed by atoms with Crippen LogP contribution in [0.4, 0.5) is 0 Å². The van der Waals surface area contributed by atoms with Crippen LogP contribution in [0.5, 0.6) is 5.88 Å². The molecular formula is C11H15ClN2O2. The van der Waals surface area contributed by atoms with E-state index in [-0.39, 0.29) is 11.8 Å². The number of methoxy groups -OCH3 is 1. The van der Waals surface area contributed by atoms with Gasteiger partial charge in [-0.25, -0.2) is 4.98 Å². The number of hydrogen-bond acceptors (Lipinski definition) is 3. The zero-order valence-electron chi connectivity index (χ0n) is 9.37. The van der Waals surface area contributed by atoms with Gasteiger partial charge in [-0.1, -0.05) is 13.0 Å². The van der Waals surface area contributed by atoms with Crippen LogP contribution in [0.1, 0.15) is 12.5 Å². The van der Waals surface area contributed by atoms with Gasteiger partial charge in [-0.15, -0.1) is 11.6 Å². The Morgan fingerprint density at radius 1 is 1.69 bits per heavy atom. The molecule has 16 heavy (non-hydrogen) atoms. The summed E-state index contributed by atoms with van der Waals surface area (Å²) in [6, 6.07) is 3.66. The average molecular weight is 243 g/mol. The van der Waals surface area contributed by atoms with E-state index in [9.17, 15) is 4.79 Å². The second kappa shape index (κ2) is 6.33. The number of carbonyl (C=O) groups is 1. The molecule has 1 atom stereocenters. The quantitative estimate of drug-likeness (QED) is 0.798. The summed E-state index contributed by atoms with van der Waals surface area (Å²) in [5.41, 5.74) is 0.847. The van der Waals surface area contributed by atoms with E-state index >= 15 is 0 Å². The number of pyridine rings is 1. The number of aromatic nitrogens is 1. The molecule has 1 heterocycles. The van der Waals surface area contributed by atoms with Gasteiger partial charge >= 0.3 is 0 Å². The maximum absolute atomic E-state index is 11.5. The molecule has 1 aromatic rings. The number of nitrogens with one attached hydrogen (secondary N) is 1. The number of amides is 1. The summed E-state index contributed by atoms with van der Waals surface area (Å²) in [6.45, 7) is 2.18. The van der Waals surface area contributed by atoms with Gasteiger partial charge in [-0.3, -0.25) is 4.79 Å². The molecule has 0 aliphatic carbocycles. The van der Waals surface area contributed by atoms with Crippen molar-refractivity contribution < 1.29 is 9.53 Å². The molecule has 1 N–H and O–H groups in total. The van der Waals surface area contributed by atoms with Crippen molar-refractivity contribution in [2.45, 2.75) is 13.5 Å². The van der Waals surface area contributed by atoms with Crippen LogP contribution in [0.15, 0.2) is 18.3 Å². The van der Waals surface area contributed by atoms with E-state index in [4.69, 9.17) is 16.3 Å². The number of hydrogen-bond donors (Lipinski definition) is 1. The van der Waals surface area contributed by atoms with E-state index in [1.807, 2.05) is 6.07 Å². The Balaban J connectivity index is 2.57. The molecule has 1 rings (SSSR count). The lowest BCUT2D eigenvalue weighted by atomic mass is 10.2. The summed E-state index contributed by atoms with van der Waals surface area (Å²) in [7, 11) is 1.55. The van der Waals surface area contributed by atoms with Gasteiger partial charge in [0.15, 0.2) is 0 Å². The van der Waals surface area contributed by atoms with E-state index in [0.29, 0.717) is 18.3 Å². The van der Waals surface area contributed by atoms with Crippen LogP contribution >= 0.6 is 11.6 Å². The highest BCUT2D eigenvalue weighted by atomic mass is 35.5. The Morgan fingerprint density at radius 3 is 3.06 bits per heavy atom. The second-order valence-corrected chi connectivity index (χ2v) is 3.75. The van der Waals surface area contributed by atoms with Gasteiger partial charge in [0, 0.05) is 30.1 Å². The third-order valence-corrected chi connectivity index (χ3v) is 2.64. The van der Waals surface area contributed by atoms with Gasteiger partial charge < -0.3 is 10.1 Å². The first-order valence-electron chi connectivity index (χ1n) is 5.00. The molecule has 0 aliphatic rings. The zero-order chi connectivity index (χ0) is 12.0. The Kier molecular flexibility index (Phi) is 5.05. The molecule has 4 nitrogen and oxygen atoms in total. The number of alkyl halides is 1. The summed E-state index contributed by atoms with van der Waals surface area (Å²) < 4.78 is 5.08. The van der Waals surface area contributed by atoms with Crippen molar-refractivity contribution in [2.75, 3.05) is 13.0 Å². The third kappa shape index (κ3) is 3.38. The molecule has 0 saturated heterocycles. The standard InChI is InChI=1S/C11H15ClN2O2/c1-8(6-12)10(15)14-7-9-4-3-5-13-11(9)16-2/h3-5,8H,6-7H2,1-2H3,(H,14,15). The molecule has 88 valence electrons. The first kappa shape index (κ1) is 12.8. The van der Waals surface area contributed by atoms with E-state index in [0.717, 1.165) is 5.56 Å². The molecule has 0 radical (unpaired) electrons. The van der Waals surface area contributed by atoms with Gasteiger partial charge in [0.2, 0.25) is 11.8 Å². The second-order valence-electron chi connectivity index (χ2n) is 3.44. The maximum atomic E-state index is 11.5. The fourth-order valence-electron chi connectivity index (χ4n) is 1.17. The number of nitrogens with zero attached hydrogens (tertiary/aromatic N) is 1. The van der Waals surface area contributed by atoms with Crippen LogP contribution in [0.3, 0.4) is 0 Å². The zero-order valence-corrected chi connectivity index (χ0v) is 10.1. The van der Waals surface area contributed by atoms with Crippen LogP contribution in [0.2, 0.25) is 0 Å². The minimum Gasteiger partial charge on any atom is -0.481 e. The largest absolute Gasteiger partial charge is 0.481 e. The van der Waals surface area contributed by atoms with Crippen molar-refractivity contribution in [2.24, 2.45) is 5.92 Å². The van der Waals surface area contributed by atoms with Crippen LogP contribution in [0.25, 0.3) is 0 Å². The minimum absolute atomic E-state index is 0.0686. The molecule has 0 saturated carbocycles. The van der Waals surface area contributed by atoms with Crippen molar-refractivity contribution in [3.05, 3.63) is 23.9 Å². The first-order valence-corrected chi connectivity index (χ1v) is 5.54. The normalized spacial score (nSPS) is 11.9. The molecule has 0 spiro atoms. The molecule has 5 heteroatoms. The molecular weight excluding hydrogens is 228 g/mol. The highest BCUT2D eigenvalue weighted by Crippen LogP contribution is 2.13. The van der Waals surface area contributed by atoms with Crippen molar-refractivity contribution in [3.63, 3.8) is 0 Å². The topological polar surface area (TPSA) is 51.2 Å². The monoisotopic (exact) mass is 242 g/mol. The third-order valence-electron chi connectivity index (χ3n) is 2.18. The fourth-order valence-corrected chi connectivity index (χ4v) is 1.31. The lowest BCUT2D eigenvalue weighted by molar-refractivity contribution is -0.124. The van der Waals surface area contributed by atoms with Gasteiger partial charge in [-0.2, -0.15) is 0 Å². The van der Waals surface area contributed by atoms with Crippen LogP contribution in [-0.2, 0) is 11.3 Å². The van der Waals surface area contributed by atoms with Crippen molar-refractivity contribution in [1.82, 2.24) is 10.3 Å². The molecule has 0 aliphatic heterocycles. The van der Waals surface area contributed by atoms with E-state index in [1.165, 1.54) is 0 Å². The number of ether oxygens (including phenoxy) is 1. The van der Waals surface area contributed by atoms with Crippen molar-refractivity contribution in [1.29, 1.82) is 0 Å². The smallest absolute Gasteiger partial charge is 0.224 e. The fraction of sp³-hybridized carbons (Fsp3) is 0.455. The van der Waals surface area contributed by atoms with Crippen molar-refractivity contribution in [3.8, 4) is 5.88 Å². The van der Waals surface area contributed by atoms with Gasteiger partial charge in [0.1, 0.15) is 0 Å². The van der Waals surface area contributed by atoms with Crippen LogP contribution in [0, 0.1) is 5.92 Å². The summed E-state index contributed by atoms with van der Waals surface area (Å²) in [4.78, 5) is 15.5. The van der Waals surface area contributed by atoms with E-state index in [1.54, 1.807) is 26.3 Å². The molecule has 0 fully saturated rings. The predicted octanol–water partition coefficient (Wildman–Crippen LogP) is 1.58. The Bertz CT molecular complexity index is 358. The van der Waals surface area contributed by atoms with Gasteiger partial charge in [0.25, 0.3) is 0 Å². The summed E-state index contributed by atoms with van der Waals surface area (Å²) in [5.74, 6) is 0.585. The average Bonchev–Trinajstić information content (AvgIpc) is 2.35. The molecule has 1 aromatic heterocycles. The van der Waals surface area contributed by atoms with E-state index in [2.05, 4.69) is 10.3 Å². The van der Waals surface area contributed by atoms with Gasteiger partial charge in [0.05, 0.1) is 7.11 Å². The van der Waals surface area contributed by atoms with Crippen LogP contribution < -0.4 is 10.1 Å². The maximum Gasteiger partial charge on any atom is 0.224 e. The minimum atomic E-state index is -0.190. The lowest BCUT2D eigenvalue weighted by Crippen LogP contribution is -2.29. The Morgan fingerprint density at radius 2 is 2.44 bits per heavy atom. The summed E-state index contributed by atoms with van der Waals surface area (Å²) in [6.07, 6.45) is 1.64. The SMILES string of the molecule is COc1ncccc1CNC(=O)C(C)CCl. The number of rotatable bonds is 5. The number of halogens is 1. The van der Waals surface area contributed by atoms with E-state index < -0.39 is 0 Å². The summed E-state index contributed by atoms with van der Waals surface area (Å²) in [5, 5.41) is 2.78. The molecule has 1 amide bonds.